The molecule has 6 nitrogen and oxygen atoms in total. The van der Waals surface area contributed by atoms with Gasteiger partial charge in [-0.15, -0.1) is 0 Å². The van der Waals surface area contributed by atoms with Crippen LogP contribution in [0.25, 0.3) is 219 Å². The number of aromatic nitrogens is 4. The van der Waals surface area contributed by atoms with Crippen molar-refractivity contribution in [2.45, 2.75) is 0 Å². The minimum absolute atomic E-state index is 0.836. The Hall–Kier alpha value is -12.4. The molecular weight excluding hydrogens is 1120 g/mol. The van der Waals surface area contributed by atoms with Gasteiger partial charge in [0.25, 0.3) is 0 Å². The maximum Gasteiger partial charge on any atom is 0.146 e. The molecule has 92 heavy (non-hydrogen) atoms. The van der Waals surface area contributed by atoms with Crippen LogP contribution in [-0.2, 0) is 0 Å². The second-order valence-electron chi connectivity index (χ2n) is 25.4. The second kappa shape index (κ2) is 16.9. The third-order valence-electron chi connectivity index (χ3n) is 20.9. The maximum atomic E-state index is 7.53. The van der Waals surface area contributed by atoms with E-state index in [1.807, 2.05) is 0 Å². The summed E-state index contributed by atoms with van der Waals surface area (Å²) in [6, 6.07) is 104. The molecule has 0 saturated heterocycles. The van der Waals surface area contributed by atoms with Crippen molar-refractivity contribution in [1.82, 2.24) is 17.9 Å². The fourth-order valence-corrected chi connectivity index (χ4v) is 17.1. The number of rotatable bonds is 4. The van der Waals surface area contributed by atoms with Crippen LogP contribution in [0, 0.1) is 0 Å². The van der Waals surface area contributed by atoms with E-state index >= 15 is 0 Å². The zero-order chi connectivity index (χ0) is 59.3. The molecule has 8 heterocycles. The summed E-state index contributed by atoms with van der Waals surface area (Å²) in [5.41, 5.74) is 21.6. The van der Waals surface area contributed by atoms with E-state index in [-0.39, 0.29) is 0 Å². The van der Waals surface area contributed by atoms with Crippen molar-refractivity contribution in [3.63, 3.8) is 0 Å². The molecule has 0 unspecified atom stereocenters. The van der Waals surface area contributed by atoms with Gasteiger partial charge in [-0.1, -0.05) is 158 Å². The first-order chi connectivity index (χ1) is 45.6. The Balaban J connectivity index is 0.885. The Morgan fingerprint density at radius 3 is 1.11 bits per heavy atom. The molecule has 8 aromatic heterocycles. The van der Waals surface area contributed by atoms with Crippen LogP contribution in [0.2, 0.25) is 0 Å². The summed E-state index contributed by atoms with van der Waals surface area (Å²) < 4.78 is 24.9. The number of para-hydroxylation sites is 6. The van der Waals surface area contributed by atoms with E-state index in [4.69, 9.17) is 8.83 Å². The van der Waals surface area contributed by atoms with Gasteiger partial charge < -0.3 is 26.8 Å². The highest BCUT2D eigenvalue weighted by molar-refractivity contribution is 6.37. The van der Waals surface area contributed by atoms with Gasteiger partial charge in [0.2, 0.25) is 0 Å². The summed E-state index contributed by atoms with van der Waals surface area (Å²) in [7, 11) is 0. The highest BCUT2D eigenvalue weighted by atomic mass is 16.3. The number of nitrogens with zero attached hydrogens (tertiary/aromatic N) is 4. The molecule has 422 valence electrons. The zero-order valence-corrected chi connectivity index (χ0v) is 49.2. The van der Waals surface area contributed by atoms with Crippen LogP contribution < -0.4 is 0 Å². The van der Waals surface area contributed by atoms with Crippen molar-refractivity contribution in [2.24, 2.45) is 0 Å². The molecule has 0 N–H and O–H groups in total. The summed E-state index contributed by atoms with van der Waals surface area (Å²) in [5, 5.41) is 23.6. The smallest absolute Gasteiger partial charge is 0.146 e. The van der Waals surface area contributed by atoms with E-state index in [9.17, 15) is 0 Å². The topological polar surface area (TPSA) is 45.0 Å². The molecule has 0 spiro atoms. The third kappa shape index (κ3) is 5.91. The van der Waals surface area contributed by atoms with Crippen LogP contribution in [0.4, 0.5) is 0 Å². The van der Waals surface area contributed by atoms with Gasteiger partial charge in [0.05, 0.1) is 60.6 Å². The first kappa shape index (κ1) is 47.7. The van der Waals surface area contributed by atoms with E-state index < -0.39 is 0 Å². The molecule has 0 aliphatic rings. The van der Waals surface area contributed by atoms with Crippen LogP contribution >= 0.6 is 0 Å². The molecule has 0 bridgehead atoms. The molecule has 0 atom stereocenters. The lowest BCUT2D eigenvalue weighted by molar-refractivity contribution is 0.670. The first-order valence-corrected chi connectivity index (χ1v) is 31.7. The van der Waals surface area contributed by atoms with E-state index in [2.05, 4.69) is 297 Å². The van der Waals surface area contributed by atoms with Gasteiger partial charge in [-0.05, 0) is 160 Å². The predicted molar refractivity (Wildman–Crippen MR) is 385 cm³/mol. The average Bonchev–Trinajstić information content (AvgIpc) is 1.54. The van der Waals surface area contributed by atoms with Crippen LogP contribution in [0.3, 0.4) is 0 Å². The largest absolute Gasteiger partial charge is 0.455 e. The van der Waals surface area contributed by atoms with E-state index in [0.717, 1.165) is 99.3 Å². The highest BCUT2D eigenvalue weighted by Crippen LogP contribution is 2.53. The van der Waals surface area contributed by atoms with Crippen molar-refractivity contribution >= 4 is 185 Å². The Kier molecular flexibility index (Phi) is 8.73. The predicted octanol–water partition coefficient (Wildman–Crippen LogP) is 23.6. The molecule has 0 fully saturated rings. The van der Waals surface area contributed by atoms with Crippen molar-refractivity contribution in [3.05, 3.63) is 279 Å². The van der Waals surface area contributed by atoms with Crippen molar-refractivity contribution in [3.8, 4) is 33.6 Å². The molecule has 23 aromatic rings. The molecule has 0 amide bonds. The van der Waals surface area contributed by atoms with Crippen LogP contribution in [0.1, 0.15) is 0 Å². The van der Waals surface area contributed by atoms with Crippen molar-refractivity contribution < 1.29 is 8.83 Å². The molecule has 23 rings (SSSR count). The minimum Gasteiger partial charge on any atom is -0.455 e. The molecular formula is C86H46N4O2. The lowest BCUT2D eigenvalue weighted by atomic mass is 9.92. The monoisotopic (exact) mass is 1170 g/mol. The number of benzene rings is 15. The fraction of sp³-hybridized carbons (Fsp3) is 0. The fourth-order valence-electron chi connectivity index (χ4n) is 17.1. The lowest BCUT2D eigenvalue weighted by Crippen LogP contribution is -1.98. The van der Waals surface area contributed by atoms with Gasteiger partial charge in [0.1, 0.15) is 22.3 Å². The lowest BCUT2D eigenvalue weighted by Gasteiger charge is -2.13. The van der Waals surface area contributed by atoms with Gasteiger partial charge >= 0.3 is 0 Å². The quantitative estimate of drug-likeness (QED) is 0.176. The van der Waals surface area contributed by atoms with Crippen molar-refractivity contribution in [2.75, 3.05) is 0 Å². The molecule has 6 heteroatoms. The summed E-state index contributed by atoms with van der Waals surface area (Å²) in [6.45, 7) is 0. The van der Waals surface area contributed by atoms with E-state index in [1.165, 1.54) is 120 Å². The average molecular weight is 1170 g/mol. The number of furan rings is 2. The SMILES string of the molecule is c1ccc2cc3c(cc2c1)c1cc(-c2cc4c(c5c2oc2ccccc25)c2c5oc6ccccc6c5c(-c5cc6c7ccccc7n7c8cc9ccccc9cc8c(c5)c67)cc2n4-c2ccc(-n4c5ccccc5c5ccccc54)cc2)cc2c4ccccc4n3c21. The normalized spacial score (nSPS) is 12.8. The third-order valence-corrected chi connectivity index (χ3v) is 20.9. The summed E-state index contributed by atoms with van der Waals surface area (Å²) in [5.74, 6) is 0. The van der Waals surface area contributed by atoms with Crippen LogP contribution in [-0.4, -0.2) is 17.9 Å². The van der Waals surface area contributed by atoms with Gasteiger partial charge in [-0.3, -0.25) is 0 Å². The van der Waals surface area contributed by atoms with Gasteiger partial charge in [0, 0.05) is 97.7 Å². The molecule has 0 saturated carbocycles. The van der Waals surface area contributed by atoms with Crippen LogP contribution in [0.5, 0.6) is 0 Å². The van der Waals surface area contributed by atoms with Gasteiger partial charge in [-0.2, -0.15) is 0 Å². The van der Waals surface area contributed by atoms with Crippen LogP contribution in [0.15, 0.2) is 288 Å². The summed E-state index contributed by atoms with van der Waals surface area (Å²) in [6.07, 6.45) is 0. The maximum absolute atomic E-state index is 7.53. The standard InChI is InChI=1S/C86H46N4O2/c1-3-19-49-43-73-63(37-47(49)17-1)67-40-51(39-65-57-23-7-13-29-71(57)89(73)83(65)67)61-45-76-82(86-79(61)59-25-9-15-31-77(59)92-86)81-75(88(76)54-35-33-53(34-36-54)87-69-27-11-5-21-55(69)56-22-6-12-28-70(56)87)46-62(85-80(81)60-26-10-16-32-78(60)91-85)52-41-66-58-24-8-14-30-72(58)90-74-44-50-20-4-2-18-48(50)38-64(74)68(42-52)84(66)90/h1-46H. The van der Waals surface area contributed by atoms with Gasteiger partial charge in [-0.25, -0.2) is 0 Å². The van der Waals surface area contributed by atoms with Crippen molar-refractivity contribution in [1.29, 1.82) is 0 Å². The summed E-state index contributed by atoms with van der Waals surface area (Å²) >= 11 is 0. The Labute approximate surface area is 521 Å². The Bertz CT molecular complexity index is 7190. The number of hydrogen-bond acceptors (Lipinski definition) is 2. The highest BCUT2D eigenvalue weighted by Gasteiger charge is 2.30. The minimum atomic E-state index is 0.836. The second-order valence-corrected chi connectivity index (χ2v) is 25.4. The molecule has 0 aliphatic carbocycles. The Morgan fingerprint density at radius 1 is 0.217 bits per heavy atom. The first-order valence-electron chi connectivity index (χ1n) is 31.7. The molecule has 0 aliphatic heterocycles. The van der Waals surface area contributed by atoms with E-state index in [1.54, 1.807) is 0 Å². The Morgan fingerprint density at radius 2 is 0.587 bits per heavy atom. The van der Waals surface area contributed by atoms with Gasteiger partial charge in [0.15, 0.2) is 0 Å². The number of hydrogen-bond donors (Lipinski definition) is 0. The summed E-state index contributed by atoms with van der Waals surface area (Å²) in [4.78, 5) is 0. The molecule has 0 radical (unpaired) electrons. The number of fused-ring (bicyclic) bond motifs is 28. The zero-order valence-electron chi connectivity index (χ0n) is 49.2. The molecule has 15 aromatic carbocycles. The van der Waals surface area contributed by atoms with E-state index in [0.29, 0.717) is 0 Å².